The summed E-state index contributed by atoms with van der Waals surface area (Å²) < 4.78 is 5.50. The quantitative estimate of drug-likeness (QED) is 0.0320. The summed E-state index contributed by atoms with van der Waals surface area (Å²) in [5.74, 6) is -0.0517. The zero-order valence-corrected chi connectivity index (χ0v) is 56.9. The lowest BCUT2D eigenvalue weighted by molar-refractivity contribution is -0.143. The fourth-order valence-electron chi connectivity index (χ4n) is 12.1. The van der Waals surface area contributed by atoms with Crippen LogP contribution in [0.1, 0.15) is 425 Å². The molecule has 0 fully saturated rings. The van der Waals surface area contributed by atoms with Crippen molar-refractivity contribution < 1.29 is 24.5 Å². The molecular weight excluding hydrogens is 1030 g/mol. The number of rotatable bonds is 72. The average molecular weight is 1180 g/mol. The lowest BCUT2D eigenvalue weighted by Crippen LogP contribution is -2.45. The smallest absolute Gasteiger partial charge is 0.305 e. The van der Waals surface area contributed by atoms with Crippen LogP contribution in [-0.2, 0) is 14.3 Å². The van der Waals surface area contributed by atoms with E-state index in [0.29, 0.717) is 19.4 Å². The molecule has 0 saturated carbocycles. The van der Waals surface area contributed by atoms with Gasteiger partial charge in [0.15, 0.2) is 0 Å². The van der Waals surface area contributed by atoms with Crippen LogP contribution in [0.25, 0.3) is 0 Å². The number of hydrogen-bond donors (Lipinski definition) is 3. The number of hydrogen-bond acceptors (Lipinski definition) is 5. The molecule has 0 heterocycles. The van der Waals surface area contributed by atoms with Crippen LogP contribution in [0.3, 0.4) is 0 Å². The second-order valence-electron chi connectivity index (χ2n) is 26.3. The van der Waals surface area contributed by atoms with Crippen LogP contribution in [0.4, 0.5) is 0 Å². The number of nitrogens with one attached hydrogen (secondary N) is 1. The molecule has 0 aliphatic heterocycles. The number of carbonyl (C=O) groups excluding carboxylic acids is 2. The normalized spacial score (nSPS) is 12.7. The lowest BCUT2D eigenvalue weighted by Gasteiger charge is -2.20. The maximum atomic E-state index is 12.5. The fourth-order valence-corrected chi connectivity index (χ4v) is 12.1. The maximum absolute atomic E-state index is 12.5. The Labute approximate surface area is 525 Å². The first-order valence-electron chi connectivity index (χ1n) is 38.3. The van der Waals surface area contributed by atoms with E-state index in [1.54, 1.807) is 6.08 Å². The highest BCUT2D eigenvalue weighted by molar-refractivity contribution is 5.76. The van der Waals surface area contributed by atoms with E-state index in [9.17, 15) is 19.8 Å². The molecule has 2 atom stereocenters. The van der Waals surface area contributed by atoms with E-state index in [0.717, 1.165) is 51.4 Å². The number of ether oxygens (including phenoxy) is 1. The van der Waals surface area contributed by atoms with Crippen molar-refractivity contribution in [3.05, 3.63) is 36.5 Å². The number of esters is 1. The molecule has 0 aromatic heterocycles. The lowest BCUT2D eigenvalue weighted by atomic mass is 10.0. The molecule has 1 amide bonds. The van der Waals surface area contributed by atoms with Gasteiger partial charge in [-0.05, 0) is 64.2 Å². The minimum atomic E-state index is -0.842. The second-order valence-corrected chi connectivity index (χ2v) is 26.3. The molecule has 6 heteroatoms. The van der Waals surface area contributed by atoms with Gasteiger partial charge in [0.05, 0.1) is 25.4 Å². The molecule has 0 aromatic rings. The Morgan fingerprint density at radius 1 is 0.333 bits per heavy atom. The van der Waals surface area contributed by atoms with Crippen molar-refractivity contribution in [2.24, 2.45) is 0 Å². The Kier molecular flexibility index (Phi) is 71.9. The van der Waals surface area contributed by atoms with Crippen molar-refractivity contribution in [3.63, 3.8) is 0 Å². The summed E-state index contributed by atoms with van der Waals surface area (Å²) in [4.78, 5) is 24.6. The van der Waals surface area contributed by atoms with Gasteiger partial charge in [-0.15, -0.1) is 0 Å². The second kappa shape index (κ2) is 73.5. The van der Waals surface area contributed by atoms with Gasteiger partial charge in [-0.1, -0.05) is 384 Å². The summed E-state index contributed by atoms with van der Waals surface area (Å²) in [5, 5.41) is 23.3. The molecule has 0 aromatic carbocycles. The van der Waals surface area contributed by atoms with Gasteiger partial charge in [-0.25, -0.2) is 0 Å². The zero-order valence-electron chi connectivity index (χ0n) is 56.9. The largest absolute Gasteiger partial charge is 0.466 e. The summed E-state index contributed by atoms with van der Waals surface area (Å²) in [6.07, 6.45) is 95.4. The van der Waals surface area contributed by atoms with Crippen LogP contribution in [0.5, 0.6) is 0 Å². The first kappa shape index (κ1) is 82.1. The monoisotopic (exact) mass is 1180 g/mol. The van der Waals surface area contributed by atoms with Gasteiger partial charge in [0.1, 0.15) is 0 Å². The van der Waals surface area contributed by atoms with Crippen LogP contribution >= 0.6 is 0 Å². The highest BCUT2D eigenvalue weighted by Gasteiger charge is 2.18. The molecule has 0 rings (SSSR count). The number of carbonyl (C=O) groups is 2. The molecule has 0 radical (unpaired) electrons. The van der Waals surface area contributed by atoms with Crippen molar-refractivity contribution in [3.8, 4) is 0 Å². The molecule has 0 bridgehead atoms. The third-order valence-corrected chi connectivity index (χ3v) is 17.9. The van der Waals surface area contributed by atoms with Gasteiger partial charge in [-0.2, -0.15) is 0 Å². The third kappa shape index (κ3) is 69.2. The van der Waals surface area contributed by atoms with Crippen LogP contribution in [0.2, 0.25) is 0 Å². The van der Waals surface area contributed by atoms with E-state index in [-0.39, 0.29) is 18.5 Å². The van der Waals surface area contributed by atoms with Crippen molar-refractivity contribution in [1.29, 1.82) is 0 Å². The summed E-state index contributed by atoms with van der Waals surface area (Å²) in [6.45, 7) is 4.92. The van der Waals surface area contributed by atoms with E-state index in [2.05, 4.69) is 43.5 Å². The molecule has 496 valence electrons. The van der Waals surface area contributed by atoms with Crippen LogP contribution < -0.4 is 5.32 Å². The molecule has 2 unspecified atom stereocenters. The molecule has 0 spiro atoms. The van der Waals surface area contributed by atoms with E-state index < -0.39 is 12.1 Å². The van der Waals surface area contributed by atoms with Crippen molar-refractivity contribution in [1.82, 2.24) is 5.32 Å². The van der Waals surface area contributed by atoms with E-state index in [1.165, 1.54) is 347 Å². The summed E-state index contributed by atoms with van der Waals surface area (Å²) in [6, 6.07) is -0.625. The third-order valence-electron chi connectivity index (χ3n) is 17.9. The van der Waals surface area contributed by atoms with Gasteiger partial charge >= 0.3 is 5.97 Å². The summed E-state index contributed by atoms with van der Waals surface area (Å²) >= 11 is 0. The van der Waals surface area contributed by atoms with Crippen LogP contribution in [0, 0.1) is 0 Å². The average Bonchev–Trinajstić information content (AvgIpc) is 3.53. The van der Waals surface area contributed by atoms with Gasteiger partial charge in [-0.3, -0.25) is 9.59 Å². The highest BCUT2D eigenvalue weighted by atomic mass is 16.5. The Balaban J connectivity index is 3.35. The number of aliphatic hydroxyl groups excluding tert-OH is 2. The minimum absolute atomic E-state index is 0.00801. The number of allylic oxidation sites excluding steroid dienone is 5. The van der Waals surface area contributed by atoms with Crippen LogP contribution in [-0.4, -0.2) is 47.4 Å². The minimum Gasteiger partial charge on any atom is -0.466 e. The standard InChI is InChI=1S/C78H149NO5/c1-3-5-7-9-11-13-15-17-19-21-36-39-42-46-50-54-58-62-66-70-76(81)75(74-80)79-77(82)71-67-63-59-55-51-47-43-40-37-34-32-30-28-26-24-22-23-25-27-29-31-33-35-38-41-45-49-53-57-61-65-69-73-84-78(83)72-68-64-60-56-52-48-44-20-18-16-14-12-10-8-6-4-2/h14,16,20,44,66,70,75-76,80-81H,3-13,15,17-19,21-43,45-65,67-69,71-74H2,1-2H3,(H,79,82)/b16-14-,44-20-,70-66+. The maximum Gasteiger partial charge on any atom is 0.305 e. The van der Waals surface area contributed by atoms with Crippen molar-refractivity contribution >= 4 is 11.9 Å². The molecule has 84 heavy (non-hydrogen) atoms. The Bertz CT molecular complexity index is 1360. The predicted octanol–water partition coefficient (Wildman–Crippen LogP) is 25.0. The van der Waals surface area contributed by atoms with E-state index >= 15 is 0 Å². The number of unbranched alkanes of at least 4 members (excludes halogenated alkanes) is 57. The summed E-state index contributed by atoms with van der Waals surface area (Å²) in [5.41, 5.74) is 0. The molecule has 0 saturated heterocycles. The first-order valence-corrected chi connectivity index (χ1v) is 38.3. The molecule has 6 nitrogen and oxygen atoms in total. The number of aliphatic hydroxyl groups is 2. The predicted molar refractivity (Wildman–Crippen MR) is 370 cm³/mol. The Morgan fingerprint density at radius 3 is 0.917 bits per heavy atom. The topological polar surface area (TPSA) is 95.9 Å². The molecule has 0 aliphatic carbocycles. The van der Waals surface area contributed by atoms with E-state index in [1.807, 2.05) is 6.08 Å². The molecule has 0 aliphatic rings. The fraction of sp³-hybridized carbons (Fsp3) is 0.897. The molecular formula is C78H149NO5. The highest BCUT2D eigenvalue weighted by Crippen LogP contribution is 2.19. The SMILES string of the molecule is CCCCCC/C=C\C/C=C\CCCCCCCC(=O)OCCCCCCCCCCCCCCCCCCCCCCCCCCCCCCCCCCC(=O)NC(CO)C(O)/C=C/CCCCCCCCCCCCCCCCCCC. The van der Waals surface area contributed by atoms with Gasteiger partial charge < -0.3 is 20.3 Å². The van der Waals surface area contributed by atoms with Crippen molar-refractivity contribution in [2.75, 3.05) is 13.2 Å². The van der Waals surface area contributed by atoms with Crippen molar-refractivity contribution in [2.45, 2.75) is 437 Å². The van der Waals surface area contributed by atoms with Gasteiger partial charge in [0.25, 0.3) is 0 Å². The Hall–Kier alpha value is -1.92. The summed E-state index contributed by atoms with van der Waals surface area (Å²) in [7, 11) is 0. The van der Waals surface area contributed by atoms with E-state index in [4.69, 9.17) is 4.74 Å². The number of amides is 1. The van der Waals surface area contributed by atoms with Gasteiger partial charge in [0.2, 0.25) is 5.91 Å². The Morgan fingerprint density at radius 2 is 0.595 bits per heavy atom. The van der Waals surface area contributed by atoms with Crippen LogP contribution in [0.15, 0.2) is 36.5 Å². The zero-order chi connectivity index (χ0) is 60.6. The first-order chi connectivity index (χ1) is 41.5. The van der Waals surface area contributed by atoms with Gasteiger partial charge in [0, 0.05) is 12.8 Å². The molecule has 3 N–H and O–H groups in total.